The first-order chi connectivity index (χ1) is 11.1. The van der Waals surface area contributed by atoms with Crippen LogP contribution in [0.1, 0.15) is 50.2 Å². The van der Waals surface area contributed by atoms with Gasteiger partial charge in [-0.2, -0.15) is 0 Å². The van der Waals surface area contributed by atoms with Gasteiger partial charge in [0.1, 0.15) is 11.1 Å². The predicted molar refractivity (Wildman–Crippen MR) is 91.2 cm³/mol. The fraction of sp³-hybridized carbons (Fsp3) is 0.667. The molecule has 126 valence electrons. The Morgan fingerprint density at radius 1 is 1.39 bits per heavy atom. The number of nitrogens with zero attached hydrogens (tertiary/aromatic N) is 1. The van der Waals surface area contributed by atoms with Gasteiger partial charge >= 0.3 is 0 Å². The highest BCUT2D eigenvalue weighted by Crippen LogP contribution is 2.41. The maximum Gasteiger partial charge on any atom is 0.175 e. The number of ketones is 1. The van der Waals surface area contributed by atoms with Gasteiger partial charge in [0.25, 0.3) is 0 Å². The van der Waals surface area contributed by atoms with Crippen LogP contribution in [-0.4, -0.2) is 29.6 Å². The third-order valence-corrected chi connectivity index (χ3v) is 5.86. The molecule has 2 aliphatic rings. The number of carbonyl (C=O) groups is 1. The summed E-state index contributed by atoms with van der Waals surface area (Å²) in [5.74, 6) is 0.585. The number of ether oxygens (including phenoxy) is 2. The van der Waals surface area contributed by atoms with Crippen molar-refractivity contribution in [2.75, 3.05) is 6.61 Å². The van der Waals surface area contributed by atoms with Crippen molar-refractivity contribution < 1.29 is 14.3 Å². The molecule has 0 radical (unpaired) electrons. The normalized spacial score (nSPS) is 30.6. The van der Waals surface area contributed by atoms with Crippen LogP contribution in [0.5, 0.6) is 0 Å². The smallest absolute Gasteiger partial charge is 0.175 e. The van der Waals surface area contributed by atoms with Crippen LogP contribution < -0.4 is 0 Å². The highest BCUT2D eigenvalue weighted by atomic mass is 32.1. The number of rotatable bonds is 5. The molecule has 5 heteroatoms. The van der Waals surface area contributed by atoms with Crippen molar-refractivity contribution in [1.29, 1.82) is 0 Å². The van der Waals surface area contributed by atoms with E-state index >= 15 is 0 Å². The van der Waals surface area contributed by atoms with Crippen molar-refractivity contribution in [3.63, 3.8) is 0 Å². The summed E-state index contributed by atoms with van der Waals surface area (Å²) in [5.41, 5.74) is 1.59. The van der Waals surface area contributed by atoms with Crippen molar-refractivity contribution in [2.24, 2.45) is 11.8 Å². The molecule has 1 aliphatic carbocycles. The number of hydrogen-bond acceptors (Lipinski definition) is 5. The Morgan fingerprint density at radius 2 is 2.22 bits per heavy atom. The number of allylic oxidation sites excluding steroid dienone is 1. The quantitative estimate of drug-likeness (QED) is 0.816. The molecule has 1 aliphatic heterocycles. The van der Waals surface area contributed by atoms with Gasteiger partial charge in [-0.15, -0.1) is 11.3 Å². The van der Waals surface area contributed by atoms with Crippen molar-refractivity contribution in [3.05, 3.63) is 22.3 Å². The predicted octanol–water partition coefficient (Wildman–Crippen LogP) is 3.99. The number of thiazole rings is 1. The lowest BCUT2D eigenvalue weighted by Gasteiger charge is -2.41. The second-order valence-electron chi connectivity index (χ2n) is 6.52. The van der Waals surface area contributed by atoms with Crippen molar-refractivity contribution >= 4 is 22.7 Å². The summed E-state index contributed by atoms with van der Waals surface area (Å²) in [6, 6.07) is 0. The van der Waals surface area contributed by atoms with Crippen LogP contribution in [0.3, 0.4) is 0 Å². The van der Waals surface area contributed by atoms with E-state index in [1.54, 1.807) is 6.26 Å². The first kappa shape index (κ1) is 16.7. The Bertz CT molecular complexity index is 595. The van der Waals surface area contributed by atoms with Gasteiger partial charge in [-0.05, 0) is 25.7 Å². The van der Waals surface area contributed by atoms with Gasteiger partial charge in [-0.3, -0.25) is 4.79 Å². The first-order valence-corrected chi connectivity index (χ1v) is 9.45. The topological polar surface area (TPSA) is 48.4 Å². The molecule has 0 amide bonds. The largest absolute Gasteiger partial charge is 0.496 e. The monoisotopic (exact) mass is 335 g/mol. The summed E-state index contributed by atoms with van der Waals surface area (Å²) in [4.78, 5) is 17.4. The maximum absolute atomic E-state index is 12.9. The summed E-state index contributed by atoms with van der Waals surface area (Å²) in [6.45, 7) is 7.04. The fourth-order valence-electron chi connectivity index (χ4n) is 3.59. The van der Waals surface area contributed by atoms with Gasteiger partial charge in [-0.1, -0.05) is 20.3 Å². The molecule has 1 saturated carbocycles. The molecule has 1 aromatic heterocycles. The molecule has 0 N–H and O–H groups in total. The van der Waals surface area contributed by atoms with Gasteiger partial charge < -0.3 is 9.47 Å². The zero-order valence-electron chi connectivity index (χ0n) is 14.1. The summed E-state index contributed by atoms with van der Waals surface area (Å²) in [5, 5.41) is 2.75. The zero-order valence-corrected chi connectivity index (χ0v) is 14.9. The van der Waals surface area contributed by atoms with Gasteiger partial charge in [0.15, 0.2) is 5.78 Å². The lowest BCUT2D eigenvalue weighted by Crippen LogP contribution is -2.45. The van der Waals surface area contributed by atoms with Crippen LogP contribution in [-0.2, 0) is 14.3 Å². The molecule has 0 spiro atoms. The molecule has 4 unspecified atom stereocenters. The van der Waals surface area contributed by atoms with Gasteiger partial charge in [0, 0.05) is 24.1 Å². The SMILES string of the molecule is CCCOC1CC2OC=C(c3nc(C)cs3)C(=O)C2CC1CC. The lowest BCUT2D eigenvalue weighted by molar-refractivity contribution is -0.132. The summed E-state index contributed by atoms with van der Waals surface area (Å²) in [7, 11) is 0. The van der Waals surface area contributed by atoms with Gasteiger partial charge in [-0.25, -0.2) is 4.98 Å². The fourth-order valence-corrected chi connectivity index (χ4v) is 4.40. The molecule has 1 aromatic rings. The highest BCUT2D eigenvalue weighted by Gasteiger charge is 2.44. The molecule has 4 nitrogen and oxygen atoms in total. The van der Waals surface area contributed by atoms with Crippen LogP contribution >= 0.6 is 11.3 Å². The Kier molecular flexibility index (Phi) is 5.17. The van der Waals surface area contributed by atoms with E-state index < -0.39 is 0 Å². The molecule has 2 heterocycles. The second kappa shape index (κ2) is 7.14. The summed E-state index contributed by atoms with van der Waals surface area (Å²) in [6.07, 6.45) is 5.54. The average Bonchev–Trinajstić information content (AvgIpc) is 2.98. The number of Topliss-reactive ketones (excluding diaryl/α,β-unsaturated/α-hetero) is 1. The van der Waals surface area contributed by atoms with E-state index in [9.17, 15) is 4.79 Å². The zero-order chi connectivity index (χ0) is 16.4. The Morgan fingerprint density at radius 3 is 2.87 bits per heavy atom. The summed E-state index contributed by atoms with van der Waals surface area (Å²) < 4.78 is 11.9. The third kappa shape index (κ3) is 3.36. The number of aryl methyl sites for hydroxylation is 1. The Labute approximate surface area is 141 Å². The molecule has 0 saturated heterocycles. The minimum absolute atomic E-state index is 0.0445. The van der Waals surface area contributed by atoms with E-state index in [1.807, 2.05) is 12.3 Å². The summed E-state index contributed by atoms with van der Waals surface area (Å²) >= 11 is 1.51. The minimum atomic E-state index is -0.0503. The standard InChI is InChI=1S/C18H25NO3S/c1-4-6-21-15-8-16-13(7-12(15)5-2)17(20)14(9-22-16)18-19-11(3)10-23-18/h9-10,12-13,15-16H,4-8H2,1-3H3. The van der Waals surface area contributed by atoms with Gasteiger partial charge in [0.2, 0.25) is 0 Å². The Balaban J connectivity index is 1.77. The van der Waals surface area contributed by atoms with Crippen molar-refractivity contribution in [3.8, 4) is 0 Å². The van der Waals surface area contributed by atoms with E-state index in [0.29, 0.717) is 11.5 Å². The number of aromatic nitrogens is 1. The third-order valence-electron chi connectivity index (χ3n) is 4.87. The molecule has 0 aromatic carbocycles. The van der Waals surface area contributed by atoms with E-state index in [2.05, 4.69) is 18.8 Å². The Hall–Kier alpha value is -1.20. The van der Waals surface area contributed by atoms with Crippen LogP contribution in [0.15, 0.2) is 11.6 Å². The molecule has 23 heavy (non-hydrogen) atoms. The highest BCUT2D eigenvalue weighted by molar-refractivity contribution is 7.11. The molecular weight excluding hydrogens is 310 g/mol. The van der Waals surface area contributed by atoms with Crippen LogP contribution in [0.4, 0.5) is 0 Å². The maximum atomic E-state index is 12.9. The van der Waals surface area contributed by atoms with E-state index in [1.165, 1.54) is 11.3 Å². The van der Waals surface area contributed by atoms with Crippen LogP contribution in [0.25, 0.3) is 5.57 Å². The minimum Gasteiger partial charge on any atom is -0.496 e. The first-order valence-electron chi connectivity index (χ1n) is 8.58. The lowest BCUT2D eigenvalue weighted by atomic mass is 9.72. The number of hydrogen-bond donors (Lipinski definition) is 0. The second-order valence-corrected chi connectivity index (χ2v) is 7.38. The molecular formula is C18H25NO3S. The molecule has 0 bridgehead atoms. The van der Waals surface area contributed by atoms with Crippen molar-refractivity contribution in [2.45, 2.75) is 58.7 Å². The van der Waals surface area contributed by atoms with Gasteiger partial charge in [0.05, 0.1) is 23.9 Å². The molecule has 3 rings (SSSR count). The van der Waals surface area contributed by atoms with Crippen molar-refractivity contribution in [1.82, 2.24) is 4.98 Å². The average molecular weight is 335 g/mol. The number of carbonyl (C=O) groups excluding carboxylic acids is 1. The van der Waals surface area contributed by atoms with E-state index in [4.69, 9.17) is 9.47 Å². The van der Waals surface area contributed by atoms with E-state index in [-0.39, 0.29) is 23.9 Å². The molecule has 1 fully saturated rings. The molecule has 4 atom stereocenters. The van der Waals surface area contributed by atoms with Crippen LogP contribution in [0, 0.1) is 18.8 Å². The van der Waals surface area contributed by atoms with Crippen LogP contribution in [0.2, 0.25) is 0 Å². The van der Waals surface area contributed by atoms with E-state index in [0.717, 1.165) is 43.0 Å². The number of fused-ring (bicyclic) bond motifs is 1.